The summed E-state index contributed by atoms with van der Waals surface area (Å²) >= 11 is 0. The molecule has 0 amide bonds. The third-order valence-electron chi connectivity index (χ3n) is 3.44. The molecule has 15 heavy (non-hydrogen) atoms. The molecule has 1 rings (SSSR count). The Morgan fingerprint density at radius 3 is 2.60 bits per heavy atom. The first kappa shape index (κ1) is 13.0. The van der Waals surface area contributed by atoms with Crippen LogP contribution in [0.1, 0.15) is 52.9 Å². The summed E-state index contributed by atoms with van der Waals surface area (Å²) < 4.78 is 0. The third kappa shape index (κ3) is 4.98. The number of aliphatic hydroxyl groups is 1. The first-order valence-corrected chi connectivity index (χ1v) is 6.37. The first-order valence-electron chi connectivity index (χ1n) is 6.37. The third-order valence-corrected chi connectivity index (χ3v) is 3.44. The Labute approximate surface area is 94.5 Å². The average molecular weight is 213 g/mol. The Bertz CT molecular complexity index is 174. The van der Waals surface area contributed by atoms with Gasteiger partial charge in [0.25, 0.3) is 0 Å². The van der Waals surface area contributed by atoms with Gasteiger partial charge in [-0.1, -0.05) is 27.2 Å². The summed E-state index contributed by atoms with van der Waals surface area (Å²) in [7, 11) is 0. The molecule has 0 bridgehead atoms. The highest BCUT2D eigenvalue weighted by atomic mass is 16.3. The van der Waals surface area contributed by atoms with Crippen molar-refractivity contribution in [3.05, 3.63) is 0 Å². The smallest absolute Gasteiger partial charge is 0.0434 e. The van der Waals surface area contributed by atoms with Crippen molar-refractivity contribution in [1.82, 2.24) is 5.32 Å². The van der Waals surface area contributed by atoms with Gasteiger partial charge in [0.2, 0.25) is 0 Å². The molecular formula is C13H27NO. The second-order valence-corrected chi connectivity index (χ2v) is 6.07. The van der Waals surface area contributed by atoms with Gasteiger partial charge in [0, 0.05) is 12.6 Å². The molecule has 1 aliphatic rings. The molecular weight excluding hydrogens is 186 g/mol. The van der Waals surface area contributed by atoms with Crippen molar-refractivity contribution in [2.45, 2.75) is 58.9 Å². The van der Waals surface area contributed by atoms with Crippen LogP contribution in [0.4, 0.5) is 0 Å². The predicted octanol–water partition coefficient (Wildman–Crippen LogP) is 2.56. The zero-order chi connectivity index (χ0) is 11.3. The van der Waals surface area contributed by atoms with Crippen molar-refractivity contribution in [1.29, 1.82) is 0 Å². The molecule has 2 N–H and O–H groups in total. The van der Waals surface area contributed by atoms with E-state index < -0.39 is 0 Å². The minimum Gasteiger partial charge on any atom is -0.396 e. The van der Waals surface area contributed by atoms with Gasteiger partial charge >= 0.3 is 0 Å². The average Bonchev–Trinajstić information content (AvgIpc) is 2.51. The zero-order valence-corrected chi connectivity index (χ0v) is 10.6. The largest absolute Gasteiger partial charge is 0.396 e. The van der Waals surface area contributed by atoms with Crippen LogP contribution in [0, 0.1) is 11.3 Å². The highest BCUT2D eigenvalue weighted by molar-refractivity contribution is 4.83. The summed E-state index contributed by atoms with van der Waals surface area (Å²) in [5, 5.41) is 12.6. The fraction of sp³-hybridized carbons (Fsp3) is 1.00. The molecule has 0 radical (unpaired) electrons. The standard InChI is InChI=1S/C13H27NO/c1-13(2,3)8-9-14-12-6-4-5-11(12)7-10-15/h11-12,14-15H,4-10H2,1-3H3/t11-,12-/m1/s1. The molecule has 90 valence electrons. The van der Waals surface area contributed by atoms with Gasteiger partial charge in [0.15, 0.2) is 0 Å². The maximum absolute atomic E-state index is 8.97. The van der Waals surface area contributed by atoms with E-state index in [-0.39, 0.29) is 0 Å². The van der Waals surface area contributed by atoms with Gasteiger partial charge in [-0.25, -0.2) is 0 Å². The van der Waals surface area contributed by atoms with Crippen LogP contribution in [0.25, 0.3) is 0 Å². The van der Waals surface area contributed by atoms with Crippen LogP contribution in [0.3, 0.4) is 0 Å². The second-order valence-electron chi connectivity index (χ2n) is 6.07. The fourth-order valence-electron chi connectivity index (χ4n) is 2.45. The number of aliphatic hydroxyl groups excluding tert-OH is 1. The summed E-state index contributed by atoms with van der Waals surface area (Å²) in [5.74, 6) is 0.718. The van der Waals surface area contributed by atoms with Crippen LogP contribution >= 0.6 is 0 Å². The number of nitrogens with one attached hydrogen (secondary N) is 1. The van der Waals surface area contributed by atoms with Gasteiger partial charge in [-0.15, -0.1) is 0 Å². The Hall–Kier alpha value is -0.0800. The Balaban J connectivity index is 2.20. The summed E-state index contributed by atoms with van der Waals surface area (Å²) in [6.45, 7) is 8.33. The van der Waals surface area contributed by atoms with Crippen molar-refractivity contribution in [3.8, 4) is 0 Å². The van der Waals surface area contributed by atoms with E-state index in [1.807, 2.05) is 0 Å². The first-order chi connectivity index (χ1) is 7.03. The van der Waals surface area contributed by atoms with Crippen LogP contribution in [0.15, 0.2) is 0 Å². The molecule has 1 aliphatic carbocycles. The van der Waals surface area contributed by atoms with E-state index in [2.05, 4.69) is 26.1 Å². The minimum absolute atomic E-state index is 0.349. The zero-order valence-electron chi connectivity index (χ0n) is 10.6. The van der Waals surface area contributed by atoms with Crippen molar-refractivity contribution < 1.29 is 5.11 Å². The molecule has 0 aromatic heterocycles. The maximum atomic E-state index is 8.97. The molecule has 2 heteroatoms. The Kier molecular flexibility index (Phi) is 5.07. The molecule has 0 unspecified atom stereocenters. The molecule has 0 heterocycles. The van der Waals surface area contributed by atoms with Crippen molar-refractivity contribution in [3.63, 3.8) is 0 Å². The highest BCUT2D eigenvalue weighted by Gasteiger charge is 2.26. The lowest BCUT2D eigenvalue weighted by Gasteiger charge is -2.23. The molecule has 1 fully saturated rings. The number of hydrogen-bond acceptors (Lipinski definition) is 2. The summed E-state index contributed by atoms with van der Waals surface area (Å²) in [4.78, 5) is 0. The molecule has 0 saturated heterocycles. The van der Waals surface area contributed by atoms with Gasteiger partial charge in [-0.3, -0.25) is 0 Å². The van der Waals surface area contributed by atoms with E-state index in [1.54, 1.807) is 0 Å². The van der Waals surface area contributed by atoms with Crippen LogP contribution in [-0.4, -0.2) is 24.3 Å². The van der Waals surface area contributed by atoms with Crippen molar-refractivity contribution in [2.24, 2.45) is 11.3 Å². The van der Waals surface area contributed by atoms with Gasteiger partial charge in [-0.05, 0) is 43.6 Å². The molecule has 0 aromatic carbocycles. The lowest BCUT2D eigenvalue weighted by Crippen LogP contribution is -2.34. The summed E-state index contributed by atoms with van der Waals surface area (Å²) in [5.41, 5.74) is 0.429. The number of rotatable bonds is 5. The maximum Gasteiger partial charge on any atom is 0.0434 e. The van der Waals surface area contributed by atoms with E-state index >= 15 is 0 Å². The highest BCUT2D eigenvalue weighted by Crippen LogP contribution is 2.28. The molecule has 2 nitrogen and oxygen atoms in total. The lowest BCUT2D eigenvalue weighted by molar-refractivity contribution is 0.238. The topological polar surface area (TPSA) is 32.3 Å². The van der Waals surface area contributed by atoms with Crippen LogP contribution in [0.2, 0.25) is 0 Å². The molecule has 0 aromatic rings. The Morgan fingerprint density at radius 2 is 2.00 bits per heavy atom. The van der Waals surface area contributed by atoms with E-state index in [4.69, 9.17) is 5.11 Å². The van der Waals surface area contributed by atoms with E-state index in [0.29, 0.717) is 18.1 Å². The predicted molar refractivity (Wildman–Crippen MR) is 64.9 cm³/mol. The molecule has 1 saturated carbocycles. The lowest BCUT2D eigenvalue weighted by atomic mass is 9.92. The fourth-order valence-corrected chi connectivity index (χ4v) is 2.45. The van der Waals surface area contributed by atoms with Crippen LogP contribution < -0.4 is 5.32 Å². The van der Waals surface area contributed by atoms with Crippen molar-refractivity contribution >= 4 is 0 Å². The SMILES string of the molecule is CC(C)(C)CCN[C@@H]1CCC[C@@H]1CCO. The minimum atomic E-state index is 0.349. The van der Waals surface area contributed by atoms with Crippen molar-refractivity contribution in [2.75, 3.05) is 13.2 Å². The van der Waals surface area contributed by atoms with Gasteiger partial charge in [0.1, 0.15) is 0 Å². The van der Waals surface area contributed by atoms with E-state index in [9.17, 15) is 0 Å². The summed E-state index contributed by atoms with van der Waals surface area (Å²) in [6, 6.07) is 0.666. The summed E-state index contributed by atoms with van der Waals surface area (Å²) in [6.07, 6.45) is 6.14. The number of hydrogen-bond donors (Lipinski definition) is 2. The molecule has 2 atom stereocenters. The van der Waals surface area contributed by atoms with Crippen LogP contribution in [0.5, 0.6) is 0 Å². The normalized spacial score (nSPS) is 27.2. The van der Waals surface area contributed by atoms with E-state index in [0.717, 1.165) is 18.9 Å². The molecule has 0 aliphatic heterocycles. The van der Waals surface area contributed by atoms with E-state index in [1.165, 1.54) is 25.7 Å². The van der Waals surface area contributed by atoms with Gasteiger partial charge in [0.05, 0.1) is 0 Å². The Morgan fingerprint density at radius 1 is 1.27 bits per heavy atom. The van der Waals surface area contributed by atoms with Crippen LogP contribution in [-0.2, 0) is 0 Å². The molecule has 0 spiro atoms. The quantitative estimate of drug-likeness (QED) is 0.735. The van der Waals surface area contributed by atoms with Gasteiger partial charge < -0.3 is 10.4 Å². The second kappa shape index (κ2) is 5.86. The monoisotopic (exact) mass is 213 g/mol. The van der Waals surface area contributed by atoms with Gasteiger partial charge in [-0.2, -0.15) is 0 Å².